The third-order valence-electron chi connectivity index (χ3n) is 6.33. The van der Waals surface area contributed by atoms with Gasteiger partial charge in [0.1, 0.15) is 5.75 Å². The summed E-state index contributed by atoms with van der Waals surface area (Å²) < 4.78 is 5.42. The first-order valence-electron chi connectivity index (χ1n) is 11.2. The van der Waals surface area contributed by atoms with Gasteiger partial charge >= 0.3 is 0 Å². The van der Waals surface area contributed by atoms with Gasteiger partial charge in [-0.2, -0.15) is 0 Å². The highest BCUT2D eigenvalue weighted by Crippen LogP contribution is 2.45. The average Bonchev–Trinajstić information content (AvgIpc) is 3.28. The number of fused-ring (bicyclic) bond motifs is 3. The number of methoxy groups -OCH3 is 1. The van der Waals surface area contributed by atoms with Crippen LogP contribution < -0.4 is 4.74 Å². The van der Waals surface area contributed by atoms with Crippen molar-refractivity contribution in [3.05, 3.63) is 115 Å². The number of aromatic nitrogens is 1. The molecule has 0 radical (unpaired) electrons. The molecule has 0 spiro atoms. The van der Waals surface area contributed by atoms with Crippen LogP contribution in [0.3, 0.4) is 0 Å². The molecule has 1 heterocycles. The van der Waals surface area contributed by atoms with E-state index < -0.39 is 0 Å². The number of para-hydroxylation sites is 1. The summed E-state index contributed by atoms with van der Waals surface area (Å²) in [5, 5.41) is 2.50. The van der Waals surface area contributed by atoms with E-state index in [0.29, 0.717) is 0 Å². The predicted octanol–water partition coefficient (Wildman–Crippen LogP) is 8.33. The zero-order chi connectivity index (χ0) is 22.2. The molecule has 0 unspecified atom stereocenters. The third kappa shape index (κ3) is 3.28. The van der Waals surface area contributed by atoms with Crippen molar-refractivity contribution in [2.45, 2.75) is 0 Å². The molecule has 0 aliphatic heterocycles. The minimum Gasteiger partial charge on any atom is -0.497 e. The van der Waals surface area contributed by atoms with Crippen molar-refractivity contribution < 1.29 is 4.74 Å². The molecule has 1 aromatic heterocycles. The van der Waals surface area contributed by atoms with E-state index in [1.54, 1.807) is 7.11 Å². The topological polar surface area (TPSA) is 25.0 Å². The summed E-state index contributed by atoms with van der Waals surface area (Å²) >= 11 is 0. The Balaban J connectivity index is 1.79. The minimum atomic E-state index is 0.856. The van der Waals surface area contributed by atoms with Crippen molar-refractivity contribution in [1.82, 2.24) is 4.98 Å². The van der Waals surface area contributed by atoms with Crippen LogP contribution in [0.2, 0.25) is 0 Å². The number of rotatable bonds is 4. The quantitative estimate of drug-likeness (QED) is 0.302. The van der Waals surface area contributed by atoms with Crippen LogP contribution in [0.4, 0.5) is 0 Å². The van der Waals surface area contributed by atoms with Crippen LogP contribution in [-0.4, -0.2) is 12.1 Å². The highest BCUT2D eigenvalue weighted by atomic mass is 16.5. The lowest BCUT2D eigenvalue weighted by molar-refractivity contribution is 0.415. The molecule has 158 valence electrons. The van der Waals surface area contributed by atoms with Crippen molar-refractivity contribution in [2.24, 2.45) is 0 Å². The van der Waals surface area contributed by atoms with Crippen LogP contribution in [-0.2, 0) is 0 Å². The van der Waals surface area contributed by atoms with Crippen LogP contribution in [0, 0.1) is 0 Å². The second kappa shape index (κ2) is 7.99. The molecule has 6 aromatic rings. The van der Waals surface area contributed by atoms with E-state index in [1.165, 1.54) is 38.6 Å². The van der Waals surface area contributed by atoms with Crippen molar-refractivity contribution in [3.63, 3.8) is 0 Å². The zero-order valence-electron chi connectivity index (χ0n) is 18.4. The lowest BCUT2D eigenvalue weighted by Crippen LogP contribution is -1.91. The van der Waals surface area contributed by atoms with Crippen molar-refractivity contribution in [3.8, 4) is 39.1 Å². The fourth-order valence-electron chi connectivity index (χ4n) is 4.78. The Morgan fingerprint density at radius 3 is 1.88 bits per heavy atom. The lowest BCUT2D eigenvalue weighted by atomic mass is 9.87. The van der Waals surface area contributed by atoms with Crippen molar-refractivity contribution in [2.75, 3.05) is 7.11 Å². The molecule has 33 heavy (non-hydrogen) atoms. The predicted molar refractivity (Wildman–Crippen MR) is 139 cm³/mol. The number of H-pyrrole nitrogens is 1. The van der Waals surface area contributed by atoms with Gasteiger partial charge in [-0.15, -0.1) is 0 Å². The number of hydrogen-bond donors (Lipinski definition) is 1. The van der Waals surface area contributed by atoms with Gasteiger partial charge in [0.25, 0.3) is 0 Å². The first-order valence-corrected chi connectivity index (χ1v) is 11.2. The first kappa shape index (κ1) is 19.4. The minimum absolute atomic E-state index is 0.856. The molecule has 0 fully saturated rings. The molecule has 0 saturated carbocycles. The average molecular weight is 426 g/mol. The van der Waals surface area contributed by atoms with Gasteiger partial charge in [0.15, 0.2) is 0 Å². The summed E-state index contributed by atoms with van der Waals surface area (Å²) in [6, 6.07) is 40.6. The molecule has 0 atom stereocenters. The monoisotopic (exact) mass is 425 g/mol. The van der Waals surface area contributed by atoms with Gasteiger partial charge in [-0.25, -0.2) is 0 Å². The fourth-order valence-corrected chi connectivity index (χ4v) is 4.78. The summed E-state index contributed by atoms with van der Waals surface area (Å²) in [6.07, 6.45) is 0. The van der Waals surface area contributed by atoms with Gasteiger partial charge in [-0.05, 0) is 52.1 Å². The summed E-state index contributed by atoms with van der Waals surface area (Å²) in [7, 11) is 1.70. The second-order valence-electron chi connectivity index (χ2n) is 8.23. The molecule has 2 nitrogen and oxygen atoms in total. The molecule has 2 heteroatoms. The number of ether oxygens (including phenoxy) is 1. The van der Waals surface area contributed by atoms with Gasteiger partial charge in [-0.3, -0.25) is 0 Å². The number of benzene rings is 5. The Kier molecular flexibility index (Phi) is 4.70. The SMILES string of the molecule is COc1ccc(-c2cc(-c3ccccc3)c3c([nH]c4ccccc43)c2-c2ccccc2)cc1. The van der Waals surface area contributed by atoms with Gasteiger partial charge in [0.05, 0.1) is 12.6 Å². The van der Waals surface area contributed by atoms with Crippen LogP contribution in [0.1, 0.15) is 0 Å². The Bertz CT molecular complexity index is 1560. The smallest absolute Gasteiger partial charge is 0.118 e. The highest BCUT2D eigenvalue weighted by Gasteiger charge is 2.20. The van der Waals surface area contributed by atoms with Crippen LogP contribution in [0.15, 0.2) is 115 Å². The number of nitrogens with one attached hydrogen (secondary N) is 1. The van der Waals surface area contributed by atoms with E-state index in [2.05, 4.69) is 108 Å². The Morgan fingerprint density at radius 2 is 1.18 bits per heavy atom. The molecule has 0 aliphatic carbocycles. The Labute approximate surface area is 193 Å². The maximum Gasteiger partial charge on any atom is 0.118 e. The van der Waals surface area contributed by atoms with Gasteiger partial charge in [0.2, 0.25) is 0 Å². The zero-order valence-corrected chi connectivity index (χ0v) is 18.4. The normalized spacial score (nSPS) is 11.2. The maximum absolute atomic E-state index is 5.42. The molecule has 1 N–H and O–H groups in total. The lowest BCUT2D eigenvalue weighted by Gasteiger charge is -2.16. The van der Waals surface area contributed by atoms with Gasteiger partial charge in [0, 0.05) is 21.9 Å². The molecule has 6 rings (SSSR count). The van der Waals surface area contributed by atoms with E-state index >= 15 is 0 Å². The van der Waals surface area contributed by atoms with Gasteiger partial charge in [-0.1, -0.05) is 91.0 Å². The van der Waals surface area contributed by atoms with E-state index in [4.69, 9.17) is 4.74 Å². The standard InChI is InChI=1S/C31H23NO/c1-33-24-18-16-22(17-19-24)26-20-27(21-10-4-2-5-11-21)30-25-14-8-9-15-28(25)32-31(30)29(26)23-12-6-3-7-13-23/h2-20,32H,1H3. The van der Waals surface area contributed by atoms with E-state index in [0.717, 1.165) is 22.3 Å². The van der Waals surface area contributed by atoms with Crippen LogP contribution >= 0.6 is 0 Å². The molecule has 0 bridgehead atoms. The van der Waals surface area contributed by atoms with Crippen LogP contribution in [0.5, 0.6) is 5.75 Å². The molecule has 0 amide bonds. The summed E-state index contributed by atoms with van der Waals surface area (Å²) in [6.45, 7) is 0. The van der Waals surface area contributed by atoms with Crippen molar-refractivity contribution >= 4 is 21.8 Å². The first-order chi connectivity index (χ1) is 16.3. The summed E-state index contributed by atoms with van der Waals surface area (Å²) in [5.74, 6) is 0.856. The summed E-state index contributed by atoms with van der Waals surface area (Å²) in [4.78, 5) is 3.76. The Hall–Kier alpha value is -4.30. The largest absolute Gasteiger partial charge is 0.497 e. The number of hydrogen-bond acceptors (Lipinski definition) is 1. The molecular weight excluding hydrogens is 402 g/mol. The molecule has 0 saturated heterocycles. The fraction of sp³-hybridized carbons (Fsp3) is 0.0323. The van der Waals surface area contributed by atoms with Crippen molar-refractivity contribution in [1.29, 1.82) is 0 Å². The van der Waals surface area contributed by atoms with E-state index in [-0.39, 0.29) is 0 Å². The molecular formula is C31H23NO. The number of aromatic amines is 1. The molecule has 5 aromatic carbocycles. The maximum atomic E-state index is 5.42. The van der Waals surface area contributed by atoms with E-state index in [9.17, 15) is 0 Å². The highest BCUT2D eigenvalue weighted by molar-refractivity contribution is 6.20. The Morgan fingerprint density at radius 1 is 0.576 bits per heavy atom. The second-order valence-corrected chi connectivity index (χ2v) is 8.23. The third-order valence-corrected chi connectivity index (χ3v) is 6.33. The van der Waals surface area contributed by atoms with Gasteiger partial charge < -0.3 is 9.72 Å². The van der Waals surface area contributed by atoms with Crippen LogP contribution in [0.25, 0.3) is 55.2 Å². The molecule has 0 aliphatic rings. The summed E-state index contributed by atoms with van der Waals surface area (Å²) in [5.41, 5.74) is 9.51. The van der Waals surface area contributed by atoms with E-state index in [1.807, 2.05) is 12.1 Å².